The van der Waals surface area contributed by atoms with Gasteiger partial charge in [0.25, 0.3) is 0 Å². The highest BCUT2D eigenvalue weighted by Crippen LogP contribution is 2.23. The van der Waals surface area contributed by atoms with E-state index < -0.39 is 0 Å². The summed E-state index contributed by atoms with van der Waals surface area (Å²) in [6.07, 6.45) is 1.95. The Bertz CT molecular complexity index is 837. The number of nitrogens with zero attached hydrogens (tertiary/aromatic N) is 5. The maximum atomic E-state index is 9.19. The summed E-state index contributed by atoms with van der Waals surface area (Å²) < 4.78 is 3.69. The average molecular weight is 300 g/mol. The van der Waals surface area contributed by atoms with E-state index in [1.165, 1.54) is 0 Å². The molecule has 0 unspecified atom stereocenters. The average Bonchev–Trinajstić information content (AvgIpc) is 3.04. The largest absolute Gasteiger partial charge is 0.270 e. The zero-order chi connectivity index (χ0) is 15.0. The van der Waals surface area contributed by atoms with E-state index in [1.807, 2.05) is 23.0 Å². The molecular formula is C15H14ClN5. The Labute approximate surface area is 127 Å². The SMILES string of the molecule is CC(C)n1ccc(Cn2nc(C#N)c3cc(Cl)ccc32)n1. The summed E-state index contributed by atoms with van der Waals surface area (Å²) >= 11 is 5.99. The summed E-state index contributed by atoms with van der Waals surface area (Å²) in [5.41, 5.74) is 2.18. The molecule has 0 atom stereocenters. The van der Waals surface area contributed by atoms with Gasteiger partial charge in [-0.25, -0.2) is 0 Å². The van der Waals surface area contributed by atoms with Crippen LogP contribution >= 0.6 is 11.6 Å². The minimum Gasteiger partial charge on any atom is -0.270 e. The Morgan fingerprint density at radius 1 is 1.29 bits per heavy atom. The van der Waals surface area contributed by atoms with Crippen LogP contribution in [0.2, 0.25) is 5.02 Å². The van der Waals surface area contributed by atoms with Crippen LogP contribution in [0.25, 0.3) is 10.9 Å². The number of aromatic nitrogens is 4. The van der Waals surface area contributed by atoms with Gasteiger partial charge in [0.2, 0.25) is 0 Å². The van der Waals surface area contributed by atoms with Crippen molar-refractivity contribution in [2.24, 2.45) is 0 Å². The molecule has 2 heterocycles. The maximum absolute atomic E-state index is 9.19. The smallest absolute Gasteiger partial charge is 0.170 e. The van der Waals surface area contributed by atoms with Crippen molar-refractivity contribution in [2.75, 3.05) is 0 Å². The molecule has 5 nitrogen and oxygen atoms in total. The minimum absolute atomic E-state index is 0.321. The molecule has 0 aliphatic rings. The number of nitriles is 1. The van der Waals surface area contributed by atoms with Gasteiger partial charge in [0.15, 0.2) is 5.69 Å². The van der Waals surface area contributed by atoms with E-state index >= 15 is 0 Å². The molecule has 0 amide bonds. The van der Waals surface area contributed by atoms with Crippen LogP contribution in [-0.2, 0) is 6.54 Å². The lowest BCUT2D eigenvalue weighted by Crippen LogP contribution is -2.05. The molecule has 106 valence electrons. The van der Waals surface area contributed by atoms with Gasteiger partial charge in [-0.1, -0.05) is 11.6 Å². The molecule has 0 bridgehead atoms. The van der Waals surface area contributed by atoms with Crippen LogP contribution in [0.3, 0.4) is 0 Å². The van der Waals surface area contributed by atoms with Gasteiger partial charge >= 0.3 is 0 Å². The highest BCUT2D eigenvalue weighted by molar-refractivity contribution is 6.31. The number of benzene rings is 1. The zero-order valence-electron chi connectivity index (χ0n) is 11.8. The van der Waals surface area contributed by atoms with Gasteiger partial charge in [0.1, 0.15) is 6.07 Å². The van der Waals surface area contributed by atoms with E-state index in [2.05, 4.69) is 30.1 Å². The van der Waals surface area contributed by atoms with Gasteiger partial charge < -0.3 is 0 Å². The van der Waals surface area contributed by atoms with Crippen molar-refractivity contribution in [1.82, 2.24) is 19.6 Å². The van der Waals surface area contributed by atoms with Gasteiger partial charge in [-0.2, -0.15) is 15.5 Å². The molecule has 0 spiro atoms. The van der Waals surface area contributed by atoms with E-state index in [9.17, 15) is 5.26 Å². The molecule has 0 radical (unpaired) electrons. The molecule has 0 aliphatic carbocycles. The third kappa shape index (κ3) is 2.50. The summed E-state index contributed by atoms with van der Waals surface area (Å²) in [5.74, 6) is 0. The van der Waals surface area contributed by atoms with Crippen LogP contribution in [-0.4, -0.2) is 19.6 Å². The number of fused-ring (bicyclic) bond motifs is 1. The van der Waals surface area contributed by atoms with Gasteiger partial charge in [-0.05, 0) is 38.1 Å². The standard InChI is InChI=1S/C15H14ClN5/c1-10(2)20-6-5-12(18-20)9-21-15-4-3-11(16)7-13(15)14(8-17)19-21/h3-7,10H,9H2,1-2H3. The van der Waals surface area contributed by atoms with Crippen LogP contribution in [0.1, 0.15) is 31.3 Å². The van der Waals surface area contributed by atoms with Gasteiger partial charge in [0, 0.05) is 22.6 Å². The number of hydrogen-bond acceptors (Lipinski definition) is 3. The summed E-state index contributed by atoms with van der Waals surface area (Å²) in [6, 6.07) is 9.85. The maximum Gasteiger partial charge on any atom is 0.170 e. The van der Waals surface area contributed by atoms with Crippen molar-refractivity contribution < 1.29 is 0 Å². The zero-order valence-corrected chi connectivity index (χ0v) is 12.5. The van der Waals surface area contributed by atoms with Gasteiger partial charge in [0.05, 0.1) is 17.8 Å². The second-order valence-electron chi connectivity index (χ2n) is 5.16. The first-order valence-electron chi connectivity index (χ1n) is 6.68. The predicted octanol–water partition coefficient (Wildman–Crippen LogP) is 3.39. The molecule has 21 heavy (non-hydrogen) atoms. The number of halogens is 1. The third-order valence-electron chi connectivity index (χ3n) is 3.32. The summed E-state index contributed by atoms with van der Waals surface area (Å²) in [5, 5.41) is 19.4. The Balaban J connectivity index is 2.02. The second kappa shape index (κ2) is 5.23. The molecule has 0 saturated carbocycles. The monoisotopic (exact) mass is 299 g/mol. The lowest BCUT2D eigenvalue weighted by atomic mass is 10.2. The first kappa shape index (κ1) is 13.7. The molecule has 2 aromatic heterocycles. The van der Waals surface area contributed by atoms with E-state index in [-0.39, 0.29) is 0 Å². The molecule has 0 fully saturated rings. The van der Waals surface area contributed by atoms with Crippen LogP contribution in [0, 0.1) is 11.3 Å². The van der Waals surface area contributed by atoms with Crippen LogP contribution in [0.15, 0.2) is 30.5 Å². The molecule has 0 N–H and O–H groups in total. The van der Waals surface area contributed by atoms with Crippen LogP contribution in [0.4, 0.5) is 0 Å². The number of rotatable bonds is 3. The topological polar surface area (TPSA) is 59.4 Å². The van der Waals surface area contributed by atoms with Crippen molar-refractivity contribution >= 4 is 22.5 Å². The Kier molecular flexibility index (Phi) is 3.40. The Morgan fingerprint density at radius 2 is 2.10 bits per heavy atom. The molecule has 1 aromatic carbocycles. The Morgan fingerprint density at radius 3 is 2.76 bits per heavy atom. The van der Waals surface area contributed by atoms with Crippen LogP contribution in [0.5, 0.6) is 0 Å². The van der Waals surface area contributed by atoms with Crippen LogP contribution < -0.4 is 0 Å². The lowest BCUT2D eigenvalue weighted by molar-refractivity contribution is 0.522. The van der Waals surface area contributed by atoms with E-state index in [0.29, 0.717) is 23.3 Å². The predicted molar refractivity (Wildman–Crippen MR) is 81.2 cm³/mol. The molecular weight excluding hydrogens is 286 g/mol. The normalized spacial score (nSPS) is 11.2. The van der Waals surface area contributed by atoms with Crippen molar-refractivity contribution in [3.05, 3.63) is 46.9 Å². The van der Waals surface area contributed by atoms with E-state index in [4.69, 9.17) is 11.6 Å². The summed E-state index contributed by atoms with van der Waals surface area (Å²) in [4.78, 5) is 0. The lowest BCUT2D eigenvalue weighted by Gasteiger charge is -2.04. The second-order valence-corrected chi connectivity index (χ2v) is 5.60. The van der Waals surface area contributed by atoms with Crippen molar-refractivity contribution in [2.45, 2.75) is 26.4 Å². The highest BCUT2D eigenvalue weighted by Gasteiger charge is 2.12. The summed E-state index contributed by atoms with van der Waals surface area (Å²) in [7, 11) is 0. The Hall–Kier alpha value is -2.32. The van der Waals surface area contributed by atoms with Gasteiger partial charge in [-0.15, -0.1) is 0 Å². The van der Waals surface area contributed by atoms with Gasteiger partial charge in [-0.3, -0.25) is 9.36 Å². The van der Waals surface area contributed by atoms with Crippen molar-refractivity contribution in [3.8, 4) is 6.07 Å². The van der Waals surface area contributed by atoms with Crippen molar-refractivity contribution in [3.63, 3.8) is 0 Å². The fourth-order valence-corrected chi connectivity index (χ4v) is 2.43. The minimum atomic E-state index is 0.321. The van der Waals surface area contributed by atoms with Crippen molar-refractivity contribution in [1.29, 1.82) is 5.26 Å². The fourth-order valence-electron chi connectivity index (χ4n) is 2.26. The van der Waals surface area contributed by atoms with E-state index in [1.54, 1.807) is 16.8 Å². The molecule has 0 saturated heterocycles. The first-order valence-corrected chi connectivity index (χ1v) is 7.06. The summed E-state index contributed by atoms with van der Waals surface area (Å²) in [6.45, 7) is 4.69. The van der Waals surface area contributed by atoms with E-state index in [0.717, 1.165) is 16.6 Å². The highest BCUT2D eigenvalue weighted by atomic mass is 35.5. The quantitative estimate of drug-likeness (QED) is 0.745. The fraction of sp³-hybridized carbons (Fsp3) is 0.267. The molecule has 3 aromatic rings. The first-order chi connectivity index (χ1) is 10.1. The molecule has 3 rings (SSSR count). The molecule has 6 heteroatoms. The number of hydrogen-bond donors (Lipinski definition) is 0. The third-order valence-corrected chi connectivity index (χ3v) is 3.56. The molecule has 0 aliphatic heterocycles.